The predicted molar refractivity (Wildman–Crippen MR) is 76.3 cm³/mol. The van der Waals surface area contributed by atoms with Gasteiger partial charge >= 0.3 is 0 Å². The summed E-state index contributed by atoms with van der Waals surface area (Å²) in [6.45, 7) is 4.73. The molecule has 0 N–H and O–H groups in total. The van der Waals surface area contributed by atoms with Gasteiger partial charge in [-0.2, -0.15) is 17.9 Å². The van der Waals surface area contributed by atoms with Crippen molar-refractivity contribution < 1.29 is 4.74 Å². The molecule has 1 aromatic carbocycles. The van der Waals surface area contributed by atoms with E-state index in [1.165, 1.54) is 19.3 Å². The standard InChI is InChI=1S/C15H19NOS/c1-11-6-13(8-16)7-12(2)14(11)17-9-15(10-18)4-3-5-15/h6-7,18H,3-5,9-10H2,1-2H3. The molecule has 0 aliphatic heterocycles. The van der Waals surface area contributed by atoms with Crippen LogP contribution in [0.3, 0.4) is 0 Å². The number of thiol groups is 1. The molecule has 0 amide bonds. The fourth-order valence-electron chi connectivity index (χ4n) is 2.49. The maximum atomic E-state index is 8.92. The van der Waals surface area contributed by atoms with E-state index in [4.69, 9.17) is 10.00 Å². The number of benzene rings is 1. The molecule has 0 unspecified atom stereocenters. The third-order valence-electron chi connectivity index (χ3n) is 3.86. The minimum Gasteiger partial charge on any atom is -0.492 e. The van der Waals surface area contributed by atoms with Crippen LogP contribution in [0.5, 0.6) is 5.75 Å². The summed E-state index contributed by atoms with van der Waals surface area (Å²) in [5, 5.41) is 8.92. The Morgan fingerprint density at radius 2 is 1.94 bits per heavy atom. The lowest BCUT2D eigenvalue weighted by Gasteiger charge is -2.40. The molecular formula is C15H19NOS. The molecule has 1 fully saturated rings. The summed E-state index contributed by atoms with van der Waals surface area (Å²) in [5.41, 5.74) is 3.06. The first kappa shape index (κ1) is 13.3. The second-order valence-electron chi connectivity index (χ2n) is 5.35. The number of hydrogen-bond donors (Lipinski definition) is 1. The van der Waals surface area contributed by atoms with Crippen LogP contribution in [-0.4, -0.2) is 12.4 Å². The molecule has 0 aromatic heterocycles. The molecule has 18 heavy (non-hydrogen) atoms. The van der Waals surface area contributed by atoms with Crippen molar-refractivity contribution in [2.24, 2.45) is 5.41 Å². The summed E-state index contributed by atoms with van der Waals surface area (Å²) in [6, 6.07) is 5.94. The quantitative estimate of drug-likeness (QED) is 0.839. The zero-order chi connectivity index (χ0) is 13.2. The highest BCUT2D eigenvalue weighted by Gasteiger charge is 2.36. The molecule has 0 saturated heterocycles. The van der Waals surface area contributed by atoms with E-state index in [9.17, 15) is 0 Å². The second-order valence-corrected chi connectivity index (χ2v) is 5.67. The number of hydrogen-bond acceptors (Lipinski definition) is 3. The highest BCUT2D eigenvalue weighted by atomic mass is 32.1. The Morgan fingerprint density at radius 1 is 1.33 bits per heavy atom. The van der Waals surface area contributed by atoms with Crippen molar-refractivity contribution in [3.8, 4) is 11.8 Å². The molecule has 0 radical (unpaired) electrons. The minimum absolute atomic E-state index is 0.274. The molecule has 0 bridgehead atoms. The highest BCUT2D eigenvalue weighted by Crippen LogP contribution is 2.42. The molecule has 1 saturated carbocycles. The van der Waals surface area contributed by atoms with E-state index in [1.54, 1.807) is 0 Å². The van der Waals surface area contributed by atoms with Gasteiger partial charge in [-0.3, -0.25) is 0 Å². The maximum Gasteiger partial charge on any atom is 0.125 e. The number of nitriles is 1. The lowest BCUT2D eigenvalue weighted by molar-refractivity contribution is 0.0821. The first-order valence-electron chi connectivity index (χ1n) is 6.35. The number of aryl methyl sites for hydroxylation is 2. The molecule has 1 aliphatic carbocycles. The molecular weight excluding hydrogens is 242 g/mol. The fraction of sp³-hybridized carbons (Fsp3) is 0.533. The number of nitrogens with zero attached hydrogens (tertiary/aromatic N) is 1. The molecule has 0 heterocycles. The van der Waals surface area contributed by atoms with E-state index in [0.717, 1.165) is 29.2 Å². The predicted octanol–water partition coefficient (Wildman–Crippen LogP) is 3.65. The van der Waals surface area contributed by atoms with Gasteiger partial charge in [0.1, 0.15) is 5.75 Å². The van der Waals surface area contributed by atoms with Gasteiger partial charge in [0.2, 0.25) is 0 Å². The largest absolute Gasteiger partial charge is 0.492 e. The van der Waals surface area contributed by atoms with E-state index in [0.29, 0.717) is 5.56 Å². The van der Waals surface area contributed by atoms with E-state index in [1.807, 2.05) is 26.0 Å². The van der Waals surface area contributed by atoms with Crippen molar-refractivity contribution in [3.05, 3.63) is 28.8 Å². The van der Waals surface area contributed by atoms with Crippen LogP contribution in [0, 0.1) is 30.6 Å². The zero-order valence-corrected chi connectivity index (χ0v) is 11.9. The first-order chi connectivity index (χ1) is 8.60. The second kappa shape index (κ2) is 5.24. The summed E-state index contributed by atoms with van der Waals surface area (Å²) < 4.78 is 6.01. The Labute approximate surface area is 114 Å². The first-order valence-corrected chi connectivity index (χ1v) is 6.98. The number of rotatable bonds is 4. The third-order valence-corrected chi connectivity index (χ3v) is 4.53. The topological polar surface area (TPSA) is 33.0 Å². The zero-order valence-electron chi connectivity index (χ0n) is 11.0. The lowest BCUT2D eigenvalue weighted by atomic mass is 9.71. The lowest BCUT2D eigenvalue weighted by Crippen LogP contribution is -2.37. The van der Waals surface area contributed by atoms with Crippen LogP contribution in [0.1, 0.15) is 36.0 Å². The molecule has 0 spiro atoms. The van der Waals surface area contributed by atoms with Crippen LogP contribution < -0.4 is 4.74 Å². The smallest absolute Gasteiger partial charge is 0.125 e. The van der Waals surface area contributed by atoms with Crippen LogP contribution in [0.2, 0.25) is 0 Å². The summed E-state index contributed by atoms with van der Waals surface area (Å²) in [6.07, 6.45) is 3.71. The van der Waals surface area contributed by atoms with Crippen LogP contribution in [0.15, 0.2) is 12.1 Å². The Bertz CT molecular complexity index is 457. The highest BCUT2D eigenvalue weighted by molar-refractivity contribution is 7.80. The summed E-state index contributed by atoms with van der Waals surface area (Å²) in [4.78, 5) is 0. The maximum absolute atomic E-state index is 8.92. The average Bonchev–Trinajstić information content (AvgIpc) is 2.30. The molecule has 2 nitrogen and oxygen atoms in total. The van der Waals surface area contributed by atoms with Crippen LogP contribution in [0.4, 0.5) is 0 Å². The van der Waals surface area contributed by atoms with Crippen molar-refractivity contribution in [2.75, 3.05) is 12.4 Å². The van der Waals surface area contributed by atoms with E-state index < -0.39 is 0 Å². The van der Waals surface area contributed by atoms with Gasteiger partial charge in [-0.15, -0.1) is 0 Å². The van der Waals surface area contributed by atoms with E-state index >= 15 is 0 Å². The normalized spacial score (nSPS) is 16.8. The molecule has 3 heteroatoms. The van der Waals surface area contributed by atoms with E-state index in [2.05, 4.69) is 18.7 Å². The number of ether oxygens (including phenoxy) is 1. The van der Waals surface area contributed by atoms with Gasteiger partial charge in [0.25, 0.3) is 0 Å². The molecule has 1 aromatic rings. The average molecular weight is 261 g/mol. The Kier molecular flexibility index (Phi) is 3.87. The van der Waals surface area contributed by atoms with Gasteiger partial charge < -0.3 is 4.74 Å². The Hall–Kier alpha value is -1.14. The van der Waals surface area contributed by atoms with Gasteiger partial charge in [0.15, 0.2) is 0 Å². The van der Waals surface area contributed by atoms with Crippen LogP contribution in [0.25, 0.3) is 0 Å². The van der Waals surface area contributed by atoms with Crippen LogP contribution in [-0.2, 0) is 0 Å². The van der Waals surface area contributed by atoms with Gasteiger partial charge in [0.05, 0.1) is 18.2 Å². The minimum atomic E-state index is 0.274. The molecule has 0 atom stereocenters. The van der Waals surface area contributed by atoms with E-state index in [-0.39, 0.29) is 5.41 Å². The SMILES string of the molecule is Cc1cc(C#N)cc(C)c1OCC1(CS)CCC1. The summed E-state index contributed by atoms with van der Waals surface area (Å²) in [7, 11) is 0. The van der Waals surface area contributed by atoms with Crippen molar-refractivity contribution in [1.29, 1.82) is 5.26 Å². The Morgan fingerprint density at radius 3 is 2.33 bits per heavy atom. The molecule has 96 valence electrons. The van der Waals surface area contributed by atoms with Crippen LogP contribution >= 0.6 is 12.6 Å². The summed E-state index contributed by atoms with van der Waals surface area (Å²) in [5.74, 6) is 1.82. The fourth-order valence-corrected chi connectivity index (χ4v) is 2.90. The third kappa shape index (κ3) is 2.49. The van der Waals surface area contributed by atoms with Crippen molar-refractivity contribution >= 4 is 12.6 Å². The van der Waals surface area contributed by atoms with Gasteiger partial charge in [0, 0.05) is 5.41 Å². The van der Waals surface area contributed by atoms with Crippen molar-refractivity contribution in [3.63, 3.8) is 0 Å². The van der Waals surface area contributed by atoms with Gasteiger partial charge in [-0.25, -0.2) is 0 Å². The monoisotopic (exact) mass is 261 g/mol. The molecule has 2 rings (SSSR count). The van der Waals surface area contributed by atoms with Gasteiger partial charge in [-0.1, -0.05) is 6.42 Å². The molecule has 1 aliphatic rings. The van der Waals surface area contributed by atoms with Crippen molar-refractivity contribution in [1.82, 2.24) is 0 Å². The summed E-state index contributed by atoms with van der Waals surface area (Å²) >= 11 is 4.44. The Balaban J connectivity index is 2.12. The van der Waals surface area contributed by atoms with Gasteiger partial charge in [-0.05, 0) is 55.7 Å². The van der Waals surface area contributed by atoms with Crippen molar-refractivity contribution in [2.45, 2.75) is 33.1 Å².